The van der Waals surface area contributed by atoms with E-state index in [-0.39, 0.29) is 6.04 Å². The minimum absolute atomic E-state index is 0.217. The highest BCUT2D eigenvalue weighted by Crippen LogP contribution is 2.31. The lowest BCUT2D eigenvalue weighted by Gasteiger charge is -2.40. The molecule has 1 heterocycles. The molecule has 0 aliphatic carbocycles. The van der Waals surface area contributed by atoms with Crippen LogP contribution in [0, 0.1) is 5.92 Å². The summed E-state index contributed by atoms with van der Waals surface area (Å²) in [7, 11) is 0. The van der Waals surface area contributed by atoms with Gasteiger partial charge in [-0.3, -0.25) is 4.90 Å². The van der Waals surface area contributed by atoms with Gasteiger partial charge in [-0.2, -0.15) is 0 Å². The van der Waals surface area contributed by atoms with Crippen LogP contribution in [0.5, 0.6) is 0 Å². The van der Waals surface area contributed by atoms with Crippen molar-refractivity contribution in [3.63, 3.8) is 0 Å². The molecule has 0 saturated carbocycles. The molecule has 0 radical (unpaired) electrons. The van der Waals surface area contributed by atoms with Crippen LogP contribution in [-0.4, -0.2) is 24.0 Å². The minimum Gasteiger partial charge on any atom is -0.326 e. The number of nitrogens with two attached hydrogens (primary N) is 1. The second-order valence-electron chi connectivity index (χ2n) is 5.96. The van der Waals surface area contributed by atoms with E-state index >= 15 is 0 Å². The molecule has 1 aromatic carbocycles. The average molecular weight is 339 g/mol. The topological polar surface area (TPSA) is 29.3 Å². The smallest absolute Gasteiger partial charge is 0.0499 e. The van der Waals surface area contributed by atoms with Gasteiger partial charge in [0.25, 0.3) is 0 Å². The molecule has 2 nitrogen and oxygen atoms in total. The number of rotatable bonds is 5. The molecule has 112 valence electrons. The molecule has 2 unspecified atom stereocenters. The largest absolute Gasteiger partial charge is 0.326 e. The number of nitrogens with zero attached hydrogens (tertiary/aromatic N) is 1. The number of hydrogen-bond donors (Lipinski definition) is 1. The lowest BCUT2D eigenvalue weighted by molar-refractivity contribution is 0.113. The maximum absolute atomic E-state index is 6.43. The molecule has 20 heavy (non-hydrogen) atoms. The van der Waals surface area contributed by atoms with Crippen LogP contribution >= 0.6 is 15.9 Å². The molecule has 2 rings (SSSR count). The summed E-state index contributed by atoms with van der Waals surface area (Å²) in [6.07, 6.45) is 4.98. The van der Waals surface area contributed by atoms with E-state index in [4.69, 9.17) is 5.73 Å². The van der Waals surface area contributed by atoms with Crippen LogP contribution in [0.3, 0.4) is 0 Å². The summed E-state index contributed by atoms with van der Waals surface area (Å²) >= 11 is 3.52. The Bertz CT molecular complexity index is 396. The fourth-order valence-electron chi connectivity index (χ4n) is 3.25. The zero-order valence-corrected chi connectivity index (χ0v) is 14.3. The Morgan fingerprint density at radius 1 is 1.20 bits per heavy atom. The number of benzene rings is 1. The lowest BCUT2D eigenvalue weighted by atomic mass is 9.90. The summed E-state index contributed by atoms with van der Waals surface area (Å²) in [5.74, 6) is 0.912. The van der Waals surface area contributed by atoms with Crippen molar-refractivity contribution in [3.05, 3.63) is 34.3 Å². The van der Waals surface area contributed by atoms with Gasteiger partial charge < -0.3 is 5.73 Å². The molecule has 1 aromatic rings. The van der Waals surface area contributed by atoms with Crippen LogP contribution in [-0.2, 0) is 0 Å². The quantitative estimate of drug-likeness (QED) is 0.864. The van der Waals surface area contributed by atoms with Gasteiger partial charge in [0.1, 0.15) is 0 Å². The van der Waals surface area contributed by atoms with Crippen molar-refractivity contribution in [2.75, 3.05) is 13.1 Å². The van der Waals surface area contributed by atoms with Crippen molar-refractivity contribution in [3.8, 4) is 0 Å². The van der Waals surface area contributed by atoms with Crippen molar-refractivity contribution < 1.29 is 0 Å². The van der Waals surface area contributed by atoms with Gasteiger partial charge in [-0.25, -0.2) is 0 Å². The van der Waals surface area contributed by atoms with Crippen molar-refractivity contribution in [1.82, 2.24) is 4.90 Å². The molecule has 0 amide bonds. The van der Waals surface area contributed by atoms with E-state index < -0.39 is 0 Å². The first kappa shape index (κ1) is 16.0. The van der Waals surface area contributed by atoms with Crippen molar-refractivity contribution in [2.45, 2.75) is 51.6 Å². The summed E-state index contributed by atoms with van der Waals surface area (Å²) in [4.78, 5) is 2.60. The van der Waals surface area contributed by atoms with Gasteiger partial charge in [0.05, 0.1) is 0 Å². The molecule has 1 fully saturated rings. The zero-order valence-electron chi connectivity index (χ0n) is 12.7. The van der Waals surface area contributed by atoms with Gasteiger partial charge >= 0.3 is 0 Å². The highest BCUT2D eigenvalue weighted by Gasteiger charge is 2.28. The standard InChI is InChI=1S/C17H27BrN2/c1-3-13-9-11-20(12-10-13)17(16(19)4-2)14-5-7-15(18)8-6-14/h5-8,13,16-17H,3-4,9-12,19H2,1-2H3. The summed E-state index contributed by atoms with van der Waals surface area (Å²) in [6, 6.07) is 9.28. The fourth-order valence-corrected chi connectivity index (χ4v) is 3.52. The minimum atomic E-state index is 0.217. The second-order valence-corrected chi connectivity index (χ2v) is 6.87. The first-order chi connectivity index (χ1) is 9.65. The Hall–Kier alpha value is -0.380. The Morgan fingerprint density at radius 3 is 2.30 bits per heavy atom. The first-order valence-electron chi connectivity index (χ1n) is 7.90. The van der Waals surface area contributed by atoms with E-state index in [1.807, 2.05) is 0 Å². The average Bonchev–Trinajstić information content (AvgIpc) is 2.50. The molecule has 1 saturated heterocycles. The highest BCUT2D eigenvalue weighted by molar-refractivity contribution is 9.10. The van der Waals surface area contributed by atoms with E-state index in [1.54, 1.807) is 0 Å². The maximum atomic E-state index is 6.43. The van der Waals surface area contributed by atoms with Crippen LogP contribution in [0.4, 0.5) is 0 Å². The SMILES string of the molecule is CCC1CCN(C(c2ccc(Br)cc2)C(N)CC)CC1. The Kier molecular flexibility index (Phi) is 6.06. The molecule has 1 aliphatic rings. The van der Waals surface area contributed by atoms with Crippen LogP contribution in [0.2, 0.25) is 0 Å². The van der Waals surface area contributed by atoms with Gasteiger partial charge in [-0.15, -0.1) is 0 Å². The Labute approximate surface area is 131 Å². The van der Waals surface area contributed by atoms with Crippen molar-refractivity contribution >= 4 is 15.9 Å². The third kappa shape index (κ3) is 3.84. The normalized spacial score (nSPS) is 20.8. The molecule has 0 spiro atoms. The van der Waals surface area contributed by atoms with Gasteiger partial charge in [-0.05, 0) is 56.0 Å². The predicted molar refractivity (Wildman–Crippen MR) is 89.7 cm³/mol. The molecular formula is C17H27BrN2. The zero-order chi connectivity index (χ0) is 14.5. The van der Waals surface area contributed by atoms with E-state index in [9.17, 15) is 0 Å². The molecule has 3 heteroatoms. The van der Waals surface area contributed by atoms with E-state index in [2.05, 4.69) is 58.9 Å². The molecule has 2 atom stereocenters. The lowest BCUT2D eigenvalue weighted by Crippen LogP contribution is -2.44. The third-order valence-corrected chi connectivity index (χ3v) is 5.24. The number of halogens is 1. The molecular weight excluding hydrogens is 312 g/mol. The van der Waals surface area contributed by atoms with Gasteiger partial charge in [-0.1, -0.05) is 48.3 Å². The van der Waals surface area contributed by atoms with Crippen LogP contribution in [0.15, 0.2) is 28.7 Å². The maximum Gasteiger partial charge on any atom is 0.0499 e. The highest BCUT2D eigenvalue weighted by atomic mass is 79.9. The fraction of sp³-hybridized carbons (Fsp3) is 0.647. The van der Waals surface area contributed by atoms with E-state index in [0.717, 1.165) is 16.8 Å². The van der Waals surface area contributed by atoms with Crippen LogP contribution in [0.1, 0.15) is 51.1 Å². The number of piperidine rings is 1. The predicted octanol–water partition coefficient (Wildman–Crippen LogP) is 4.35. The van der Waals surface area contributed by atoms with E-state index in [0.29, 0.717) is 6.04 Å². The second kappa shape index (κ2) is 7.58. The summed E-state index contributed by atoms with van der Waals surface area (Å²) in [5.41, 5.74) is 7.79. The van der Waals surface area contributed by atoms with Crippen molar-refractivity contribution in [1.29, 1.82) is 0 Å². The monoisotopic (exact) mass is 338 g/mol. The molecule has 1 aliphatic heterocycles. The Morgan fingerprint density at radius 2 is 1.80 bits per heavy atom. The molecule has 0 bridgehead atoms. The van der Waals surface area contributed by atoms with Gasteiger partial charge in [0.15, 0.2) is 0 Å². The van der Waals surface area contributed by atoms with Crippen molar-refractivity contribution in [2.24, 2.45) is 11.7 Å². The first-order valence-corrected chi connectivity index (χ1v) is 8.70. The number of hydrogen-bond acceptors (Lipinski definition) is 2. The summed E-state index contributed by atoms with van der Waals surface area (Å²) < 4.78 is 1.13. The van der Waals surface area contributed by atoms with Gasteiger partial charge in [0, 0.05) is 16.6 Å². The third-order valence-electron chi connectivity index (χ3n) is 4.71. The van der Waals surface area contributed by atoms with Crippen LogP contribution < -0.4 is 5.73 Å². The summed E-state index contributed by atoms with van der Waals surface area (Å²) in [5, 5.41) is 0. The summed E-state index contributed by atoms with van der Waals surface area (Å²) in [6.45, 7) is 6.87. The molecule has 0 aromatic heterocycles. The Balaban J connectivity index is 2.14. The molecule has 2 N–H and O–H groups in total. The van der Waals surface area contributed by atoms with E-state index in [1.165, 1.54) is 37.9 Å². The van der Waals surface area contributed by atoms with Gasteiger partial charge in [0.2, 0.25) is 0 Å². The number of likely N-dealkylation sites (tertiary alicyclic amines) is 1. The van der Waals surface area contributed by atoms with Crippen LogP contribution in [0.25, 0.3) is 0 Å².